The van der Waals surface area contributed by atoms with E-state index in [9.17, 15) is 0 Å². The lowest BCUT2D eigenvalue weighted by molar-refractivity contribution is 0.205. The summed E-state index contributed by atoms with van der Waals surface area (Å²) in [6.45, 7) is 0. The normalized spacial score (nSPS) is 12.0. The van der Waals surface area contributed by atoms with Crippen LogP contribution in [0.1, 0.15) is 23.0 Å². The Morgan fingerprint density at radius 3 is 2.68 bits per heavy atom. The Morgan fingerprint density at radius 1 is 1.14 bits per heavy atom. The highest BCUT2D eigenvalue weighted by molar-refractivity contribution is 7.19. The van der Waals surface area contributed by atoms with E-state index >= 15 is 0 Å². The van der Waals surface area contributed by atoms with Crippen molar-refractivity contribution in [2.45, 2.75) is 12.5 Å². The Hall–Kier alpha value is -2.02. The number of fused-ring (bicyclic) bond motifs is 1. The molecular weight excluding hydrogens is 314 g/mol. The van der Waals surface area contributed by atoms with E-state index < -0.39 is 0 Å². The Bertz CT molecular complexity index is 807. The largest absolute Gasteiger partial charge is 0.485 e. The Kier molecular flexibility index (Phi) is 4.62. The second-order valence-electron chi connectivity index (χ2n) is 4.89. The SMILES string of the molecule is N#Cc1cc2c(O[C@H](CCCl)c3ccccc3)cccc2s1. The molecule has 0 aliphatic carbocycles. The van der Waals surface area contributed by atoms with Crippen molar-refractivity contribution >= 4 is 33.0 Å². The third kappa shape index (κ3) is 3.09. The van der Waals surface area contributed by atoms with Crippen LogP contribution in [0.2, 0.25) is 0 Å². The maximum atomic E-state index is 9.08. The second kappa shape index (κ2) is 6.83. The smallest absolute Gasteiger partial charge is 0.128 e. The number of nitrogens with zero attached hydrogens (tertiary/aromatic N) is 1. The molecule has 0 bridgehead atoms. The maximum absolute atomic E-state index is 9.08. The van der Waals surface area contributed by atoms with E-state index in [-0.39, 0.29) is 6.10 Å². The van der Waals surface area contributed by atoms with Gasteiger partial charge in [-0.2, -0.15) is 5.26 Å². The first-order valence-corrected chi connectivity index (χ1v) is 8.37. The first-order chi connectivity index (χ1) is 10.8. The molecule has 0 amide bonds. The lowest BCUT2D eigenvalue weighted by Crippen LogP contribution is -2.08. The fourth-order valence-electron chi connectivity index (χ4n) is 2.41. The lowest BCUT2D eigenvalue weighted by atomic mass is 10.1. The van der Waals surface area contributed by atoms with Crippen LogP contribution in [0.15, 0.2) is 54.6 Å². The number of halogens is 1. The van der Waals surface area contributed by atoms with Crippen LogP contribution >= 0.6 is 22.9 Å². The van der Waals surface area contributed by atoms with E-state index in [4.69, 9.17) is 21.6 Å². The number of alkyl halides is 1. The van der Waals surface area contributed by atoms with E-state index in [0.29, 0.717) is 10.8 Å². The van der Waals surface area contributed by atoms with Crippen molar-refractivity contribution < 1.29 is 4.74 Å². The average Bonchev–Trinajstić information content (AvgIpc) is 2.99. The van der Waals surface area contributed by atoms with Crippen molar-refractivity contribution in [2.24, 2.45) is 0 Å². The van der Waals surface area contributed by atoms with Crippen molar-refractivity contribution in [3.8, 4) is 11.8 Å². The fraction of sp³-hybridized carbons (Fsp3) is 0.167. The van der Waals surface area contributed by atoms with E-state index in [1.807, 2.05) is 54.6 Å². The summed E-state index contributed by atoms with van der Waals surface area (Å²) in [5.41, 5.74) is 1.11. The van der Waals surface area contributed by atoms with Crippen molar-refractivity contribution in [3.63, 3.8) is 0 Å². The topological polar surface area (TPSA) is 33.0 Å². The van der Waals surface area contributed by atoms with Gasteiger partial charge in [0.1, 0.15) is 22.8 Å². The van der Waals surface area contributed by atoms with E-state index in [0.717, 1.165) is 27.8 Å². The van der Waals surface area contributed by atoms with Gasteiger partial charge in [-0.3, -0.25) is 0 Å². The van der Waals surface area contributed by atoms with Gasteiger partial charge in [-0.1, -0.05) is 36.4 Å². The van der Waals surface area contributed by atoms with Gasteiger partial charge in [0.2, 0.25) is 0 Å². The molecule has 0 unspecified atom stereocenters. The van der Waals surface area contributed by atoms with Crippen molar-refractivity contribution in [3.05, 3.63) is 65.0 Å². The molecule has 0 aliphatic rings. The van der Waals surface area contributed by atoms with Gasteiger partial charge in [-0.05, 0) is 23.8 Å². The summed E-state index contributed by atoms with van der Waals surface area (Å²) in [6.07, 6.45) is 0.645. The molecule has 1 heterocycles. The molecule has 0 aliphatic heterocycles. The highest BCUT2D eigenvalue weighted by atomic mass is 35.5. The van der Waals surface area contributed by atoms with Gasteiger partial charge in [-0.25, -0.2) is 0 Å². The minimum absolute atomic E-state index is 0.0882. The predicted octanol–water partition coefficient (Wildman–Crippen LogP) is 5.52. The van der Waals surface area contributed by atoms with Crippen LogP contribution in [0.25, 0.3) is 10.1 Å². The van der Waals surface area contributed by atoms with Crippen LogP contribution in [-0.2, 0) is 0 Å². The molecule has 2 aromatic carbocycles. The number of nitriles is 1. The Morgan fingerprint density at radius 2 is 1.95 bits per heavy atom. The monoisotopic (exact) mass is 327 g/mol. The first kappa shape index (κ1) is 14.9. The fourth-order valence-corrected chi connectivity index (χ4v) is 3.48. The third-order valence-electron chi connectivity index (χ3n) is 3.44. The van der Waals surface area contributed by atoms with Crippen LogP contribution < -0.4 is 4.74 Å². The summed E-state index contributed by atoms with van der Waals surface area (Å²) < 4.78 is 7.29. The minimum atomic E-state index is -0.0882. The van der Waals surface area contributed by atoms with Gasteiger partial charge in [0.25, 0.3) is 0 Å². The Balaban J connectivity index is 1.96. The molecule has 2 nitrogen and oxygen atoms in total. The van der Waals surface area contributed by atoms with Crippen LogP contribution in [0.3, 0.4) is 0 Å². The number of thiophene rings is 1. The minimum Gasteiger partial charge on any atom is -0.485 e. The molecule has 0 spiro atoms. The second-order valence-corrected chi connectivity index (χ2v) is 6.35. The summed E-state index contributed by atoms with van der Waals surface area (Å²) in [7, 11) is 0. The zero-order valence-corrected chi connectivity index (χ0v) is 13.4. The molecule has 0 N–H and O–H groups in total. The highest BCUT2D eigenvalue weighted by Crippen LogP contribution is 2.35. The third-order valence-corrected chi connectivity index (χ3v) is 4.67. The van der Waals surface area contributed by atoms with Crippen LogP contribution in [-0.4, -0.2) is 5.88 Å². The van der Waals surface area contributed by atoms with Crippen LogP contribution in [0.4, 0.5) is 0 Å². The molecule has 3 aromatic rings. The van der Waals surface area contributed by atoms with Crippen molar-refractivity contribution in [1.29, 1.82) is 5.26 Å². The summed E-state index contributed by atoms with van der Waals surface area (Å²) in [4.78, 5) is 0.694. The summed E-state index contributed by atoms with van der Waals surface area (Å²) in [6, 6.07) is 20.1. The molecule has 0 radical (unpaired) electrons. The quantitative estimate of drug-likeness (QED) is 0.578. The van der Waals surface area contributed by atoms with Gasteiger partial charge in [-0.15, -0.1) is 22.9 Å². The summed E-state index contributed by atoms with van der Waals surface area (Å²) in [5.74, 6) is 1.33. The van der Waals surface area contributed by atoms with Crippen molar-refractivity contribution in [2.75, 3.05) is 5.88 Å². The van der Waals surface area contributed by atoms with Gasteiger partial charge in [0.15, 0.2) is 0 Å². The number of rotatable bonds is 5. The zero-order chi connectivity index (χ0) is 15.4. The van der Waals surface area contributed by atoms with Gasteiger partial charge >= 0.3 is 0 Å². The zero-order valence-electron chi connectivity index (χ0n) is 11.8. The highest BCUT2D eigenvalue weighted by Gasteiger charge is 2.15. The van der Waals surface area contributed by atoms with E-state index in [2.05, 4.69) is 6.07 Å². The summed E-state index contributed by atoms with van der Waals surface area (Å²) in [5, 5.41) is 10.1. The molecule has 4 heteroatoms. The standard InChI is InChI=1S/C18H14ClNOS/c19-10-9-16(13-5-2-1-3-6-13)21-17-7-4-8-18-15(17)11-14(12-20)22-18/h1-8,11,16H,9-10H2/t16-/m1/s1. The molecular formula is C18H14ClNOS. The van der Waals surface area contributed by atoms with Gasteiger partial charge < -0.3 is 4.74 Å². The maximum Gasteiger partial charge on any atom is 0.128 e. The number of hydrogen-bond donors (Lipinski definition) is 0. The van der Waals surface area contributed by atoms with Gasteiger partial charge in [0, 0.05) is 22.4 Å². The molecule has 1 aromatic heterocycles. The molecule has 110 valence electrons. The van der Waals surface area contributed by atoms with Gasteiger partial charge in [0.05, 0.1) is 0 Å². The van der Waals surface area contributed by atoms with E-state index in [1.54, 1.807) is 0 Å². The number of hydrogen-bond acceptors (Lipinski definition) is 3. The van der Waals surface area contributed by atoms with Crippen LogP contribution in [0.5, 0.6) is 5.75 Å². The van der Waals surface area contributed by atoms with E-state index in [1.165, 1.54) is 11.3 Å². The number of ether oxygens (including phenoxy) is 1. The average molecular weight is 328 g/mol. The summed E-state index contributed by atoms with van der Waals surface area (Å²) >= 11 is 7.42. The molecule has 0 saturated carbocycles. The predicted molar refractivity (Wildman–Crippen MR) is 91.7 cm³/mol. The number of benzene rings is 2. The first-order valence-electron chi connectivity index (χ1n) is 7.02. The molecule has 0 fully saturated rings. The Labute approximate surface area is 138 Å². The molecule has 22 heavy (non-hydrogen) atoms. The van der Waals surface area contributed by atoms with Crippen molar-refractivity contribution in [1.82, 2.24) is 0 Å². The van der Waals surface area contributed by atoms with Crippen LogP contribution in [0, 0.1) is 11.3 Å². The molecule has 0 saturated heterocycles. The lowest BCUT2D eigenvalue weighted by Gasteiger charge is -2.19. The molecule has 1 atom stereocenters. The molecule has 3 rings (SSSR count).